The van der Waals surface area contributed by atoms with Crippen LogP contribution in [-0.2, 0) is 0 Å². The van der Waals surface area contributed by atoms with Crippen LogP contribution in [0.5, 0.6) is 5.88 Å². The molecule has 0 aliphatic heterocycles. The Morgan fingerprint density at radius 3 is 2.58 bits per heavy atom. The van der Waals surface area contributed by atoms with Gasteiger partial charge < -0.3 is 15.5 Å². The van der Waals surface area contributed by atoms with Crippen LogP contribution in [0.4, 0.5) is 0 Å². The Morgan fingerprint density at radius 1 is 1.16 bits per heavy atom. The first-order chi connectivity index (χ1) is 15.0. The third-order valence-electron chi connectivity index (χ3n) is 5.65. The number of carbonyl (C=O) groups excluding carboxylic acids is 1. The quantitative estimate of drug-likeness (QED) is 0.600. The summed E-state index contributed by atoms with van der Waals surface area (Å²) in [7, 11) is 0. The fourth-order valence-electron chi connectivity index (χ4n) is 3.87. The Bertz CT molecular complexity index is 1140. The number of nitrogens with one attached hydrogen (secondary N) is 1. The van der Waals surface area contributed by atoms with Gasteiger partial charge in [0.05, 0.1) is 35.1 Å². The van der Waals surface area contributed by atoms with Gasteiger partial charge in [0.25, 0.3) is 5.91 Å². The number of aromatic hydroxyl groups is 1. The number of benzene rings is 1. The summed E-state index contributed by atoms with van der Waals surface area (Å²) in [6, 6.07) is 10.6. The summed E-state index contributed by atoms with van der Waals surface area (Å²) >= 11 is 0. The SMILES string of the molecule is Cc1cc(C#N)ccc1-c1cnn(-c2ccc(C(=O)NC3CCC(O)CC3)cn2)c1O. The fraction of sp³-hybridized carbons (Fsp3) is 0.304. The summed E-state index contributed by atoms with van der Waals surface area (Å²) in [5.41, 5.74) is 3.13. The van der Waals surface area contributed by atoms with E-state index in [1.807, 2.05) is 6.92 Å². The normalized spacial score (nSPS) is 18.4. The molecule has 1 saturated carbocycles. The van der Waals surface area contributed by atoms with E-state index in [0.29, 0.717) is 35.3 Å². The van der Waals surface area contributed by atoms with Gasteiger partial charge in [-0.1, -0.05) is 6.07 Å². The van der Waals surface area contributed by atoms with E-state index in [0.717, 1.165) is 24.0 Å². The van der Waals surface area contributed by atoms with Crippen LogP contribution in [0.3, 0.4) is 0 Å². The van der Waals surface area contributed by atoms with E-state index in [1.54, 1.807) is 36.5 Å². The lowest BCUT2D eigenvalue weighted by molar-refractivity contribution is 0.0867. The minimum Gasteiger partial charge on any atom is -0.493 e. The molecule has 3 N–H and O–H groups in total. The Labute approximate surface area is 179 Å². The first-order valence-electron chi connectivity index (χ1n) is 10.2. The minimum absolute atomic E-state index is 0.0592. The lowest BCUT2D eigenvalue weighted by Gasteiger charge is -2.26. The second kappa shape index (κ2) is 8.58. The maximum absolute atomic E-state index is 12.5. The molecule has 1 aliphatic carbocycles. The van der Waals surface area contributed by atoms with Crippen LogP contribution in [0.25, 0.3) is 16.9 Å². The monoisotopic (exact) mass is 417 g/mol. The first-order valence-corrected chi connectivity index (χ1v) is 10.2. The zero-order valence-electron chi connectivity index (χ0n) is 17.1. The van der Waals surface area contributed by atoms with E-state index in [-0.39, 0.29) is 23.9 Å². The number of aliphatic hydroxyl groups is 1. The topological polar surface area (TPSA) is 124 Å². The van der Waals surface area contributed by atoms with Crippen molar-refractivity contribution in [2.45, 2.75) is 44.8 Å². The number of aromatic nitrogens is 3. The smallest absolute Gasteiger partial charge is 0.253 e. The maximum Gasteiger partial charge on any atom is 0.253 e. The van der Waals surface area contributed by atoms with Crippen LogP contribution in [-0.4, -0.2) is 43.0 Å². The highest BCUT2D eigenvalue weighted by molar-refractivity contribution is 5.94. The van der Waals surface area contributed by atoms with Crippen LogP contribution in [0.2, 0.25) is 0 Å². The molecule has 2 heterocycles. The molecular weight excluding hydrogens is 394 g/mol. The number of amides is 1. The molecule has 158 valence electrons. The number of pyridine rings is 1. The average Bonchev–Trinajstić information content (AvgIpc) is 3.16. The van der Waals surface area contributed by atoms with Gasteiger partial charge in [-0.15, -0.1) is 0 Å². The van der Waals surface area contributed by atoms with Crippen molar-refractivity contribution in [3.8, 4) is 28.9 Å². The van der Waals surface area contributed by atoms with E-state index in [2.05, 4.69) is 21.5 Å². The minimum atomic E-state index is -0.270. The number of nitrogens with zero attached hydrogens (tertiary/aromatic N) is 4. The van der Waals surface area contributed by atoms with Crippen LogP contribution in [0, 0.1) is 18.3 Å². The Morgan fingerprint density at radius 2 is 1.94 bits per heavy atom. The van der Waals surface area contributed by atoms with Crippen molar-refractivity contribution >= 4 is 5.91 Å². The lowest BCUT2D eigenvalue weighted by Crippen LogP contribution is -2.38. The van der Waals surface area contributed by atoms with Gasteiger partial charge in [0.15, 0.2) is 5.82 Å². The fourth-order valence-corrected chi connectivity index (χ4v) is 3.87. The van der Waals surface area contributed by atoms with Gasteiger partial charge in [0, 0.05) is 12.2 Å². The molecule has 1 aliphatic rings. The van der Waals surface area contributed by atoms with Crippen molar-refractivity contribution in [2.75, 3.05) is 0 Å². The summed E-state index contributed by atoms with van der Waals surface area (Å²) in [4.78, 5) is 16.8. The zero-order valence-corrected chi connectivity index (χ0v) is 17.1. The predicted molar refractivity (Wildman–Crippen MR) is 114 cm³/mol. The molecule has 1 amide bonds. The highest BCUT2D eigenvalue weighted by Gasteiger charge is 2.22. The van der Waals surface area contributed by atoms with E-state index >= 15 is 0 Å². The average molecular weight is 417 g/mol. The molecule has 2 aromatic heterocycles. The van der Waals surface area contributed by atoms with Crippen molar-refractivity contribution in [1.82, 2.24) is 20.1 Å². The predicted octanol–water partition coefficient (Wildman–Crippen LogP) is 2.85. The van der Waals surface area contributed by atoms with Crippen molar-refractivity contribution in [1.29, 1.82) is 5.26 Å². The van der Waals surface area contributed by atoms with Crippen LogP contribution < -0.4 is 5.32 Å². The van der Waals surface area contributed by atoms with E-state index in [4.69, 9.17) is 5.26 Å². The summed E-state index contributed by atoms with van der Waals surface area (Å²) in [5, 5.41) is 36.5. The molecular formula is C23H23N5O3. The molecule has 8 nitrogen and oxygen atoms in total. The number of carbonyl (C=O) groups is 1. The molecule has 1 fully saturated rings. The Balaban J connectivity index is 1.51. The number of aryl methyl sites for hydroxylation is 1. The highest BCUT2D eigenvalue weighted by atomic mass is 16.3. The van der Waals surface area contributed by atoms with Crippen molar-refractivity contribution < 1.29 is 15.0 Å². The van der Waals surface area contributed by atoms with Gasteiger partial charge in [-0.25, -0.2) is 4.98 Å². The first kappa shape index (κ1) is 20.6. The molecule has 0 atom stereocenters. The van der Waals surface area contributed by atoms with Gasteiger partial charge in [-0.2, -0.15) is 15.0 Å². The standard InChI is InChI=1S/C23H23N5O3/c1-14-10-15(11-24)2-8-19(14)20-13-26-28(23(20)31)21-9-3-16(12-25-21)22(30)27-17-4-6-18(29)7-5-17/h2-3,8-10,12-13,17-18,29,31H,4-7H2,1H3,(H,27,30). The van der Waals surface area contributed by atoms with Gasteiger partial charge in [-0.3, -0.25) is 4.79 Å². The van der Waals surface area contributed by atoms with Crippen molar-refractivity contribution in [3.63, 3.8) is 0 Å². The second-order valence-electron chi connectivity index (χ2n) is 7.82. The molecule has 1 aromatic carbocycles. The molecule has 31 heavy (non-hydrogen) atoms. The van der Waals surface area contributed by atoms with E-state index < -0.39 is 0 Å². The summed E-state index contributed by atoms with van der Waals surface area (Å²) in [5.74, 6) is 0.102. The van der Waals surface area contributed by atoms with Crippen molar-refractivity contribution in [3.05, 3.63) is 59.4 Å². The molecule has 0 spiro atoms. The molecule has 0 saturated heterocycles. The molecule has 0 bridgehead atoms. The molecule has 0 radical (unpaired) electrons. The molecule has 0 unspecified atom stereocenters. The summed E-state index contributed by atoms with van der Waals surface area (Å²) < 4.78 is 1.30. The van der Waals surface area contributed by atoms with Gasteiger partial charge in [-0.05, 0) is 68.0 Å². The number of nitriles is 1. The zero-order chi connectivity index (χ0) is 22.0. The van der Waals surface area contributed by atoms with Crippen LogP contribution in [0.1, 0.15) is 47.2 Å². The Hall–Kier alpha value is -3.70. The summed E-state index contributed by atoms with van der Waals surface area (Å²) in [6.45, 7) is 1.87. The Kier molecular flexibility index (Phi) is 5.69. The van der Waals surface area contributed by atoms with E-state index in [9.17, 15) is 15.0 Å². The number of hydrogen-bond donors (Lipinski definition) is 3. The van der Waals surface area contributed by atoms with Crippen LogP contribution in [0.15, 0.2) is 42.7 Å². The molecule has 8 heteroatoms. The van der Waals surface area contributed by atoms with Crippen molar-refractivity contribution in [2.24, 2.45) is 0 Å². The number of aliphatic hydroxyl groups excluding tert-OH is 1. The van der Waals surface area contributed by atoms with E-state index in [1.165, 1.54) is 10.9 Å². The van der Waals surface area contributed by atoms with Gasteiger partial charge in [0.2, 0.25) is 5.88 Å². The third-order valence-corrected chi connectivity index (χ3v) is 5.65. The second-order valence-corrected chi connectivity index (χ2v) is 7.82. The number of hydrogen-bond acceptors (Lipinski definition) is 6. The maximum atomic E-state index is 12.5. The molecule has 4 rings (SSSR count). The largest absolute Gasteiger partial charge is 0.493 e. The van der Waals surface area contributed by atoms with Crippen LogP contribution >= 0.6 is 0 Å². The summed E-state index contributed by atoms with van der Waals surface area (Å²) in [6.07, 6.45) is 5.64. The third kappa shape index (κ3) is 4.27. The molecule has 3 aromatic rings. The lowest BCUT2D eigenvalue weighted by atomic mass is 9.93. The number of rotatable bonds is 4. The van der Waals surface area contributed by atoms with Gasteiger partial charge in [0.1, 0.15) is 0 Å². The van der Waals surface area contributed by atoms with Gasteiger partial charge >= 0.3 is 0 Å². The highest BCUT2D eigenvalue weighted by Crippen LogP contribution is 2.33.